The topological polar surface area (TPSA) is 21.3 Å². The molecule has 0 aromatic rings. The molecule has 4 heteroatoms. The van der Waals surface area contributed by atoms with Crippen molar-refractivity contribution in [2.24, 2.45) is 0 Å². The summed E-state index contributed by atoms with van der Waals surface area (Å²) in [6.45, 7) is 9.01. The molecule has 1 aliphatic heterocycles. The van der Waals surface area contributed by atoms with Crippen LogP contribution in [0.4, 0.5) is 0 Å². The smallest absolute Gasteiger partial charge is 0.0462 e. The lowest BCUT2D eigenvalue weighted by Gasteiger charge is -2.36. The van der Waals surface area contributed by atoms with Crippen LogP contribution in [0.2, 0.25) is 0 Å². The van der Waals surface area contributed by atoms with Crippen LogP contribution in [0.15, 0.2) is 0 Å². The molecule has 1 saturated heterocycles. The van der Waals surface area contributed by atoms with Gasteiger partial charge in [-0.3, -0.25) is 0 Å². The van der Waals surface area contributed by atoms with Crippen molar-refractivity contribution in [2.45, 2.75) is 61.8 Å². The van der Waals surface area contributed by atoms with Crippen LogP contribution >= 0.6 is 23.5 Å². The second kappa shape index (κ2) is 9.51. The highest BCUT2D eigenvalue weighted by Gasteiger charge is 2.30. The van der Waals surface area contributed by atoms with Gasteiger partial charge < -0.3 is 10.1 Å². The number of methoxy groups -OCH3 is 1. The molecule has 0 spiro atoms. The Morgan fingerprint density at radius 3 is 2.72 bits per heavy atom. The molecule has 1 heterocycles. The van der Waals surface area contributed by atoms with E-state index in [2.05, 4.69) is 49.6 Å². The highest BCUT2D eigenvalue weighted by Crippen LogP contribution is 2.37. The maximum atomic E-state index is 5.18. The van der Waals surface area contributed by atoms with Crippen molar-refractivity contribution in [1.82, 2.24) is 5.32 Å². The number of ether oxygens (including phenoxy) is 1. The van der Waals surface area contributed by atoms with Crippen molar-refractivity contribution in [3.05, 3.63) is 0 Å². The molecule has 4 unspecified atom stereocenters. The Labute approximate surface area is 121 Å². The van der Waals surface area contributed by atoms with Gasteiger partial charge in [-0.05, 0) is 25.8 Å². The first kappa shape index (κ1) is 16.7. The summed E-state index contributed by atoms with van der Waals surface area (Å²) in [5.74, 6) is 1.30. The molecule has 18 heavy (non-hydrogen) atoms. The van der Waals surface area contributed by atoms with Gasteiger partial charge in [0.1, 0.15) is 0 Å². The van der Waals surface area contributed by atoms with Crippen LogP contribution in [0.25, 0.3) is 0 Å². The van der Waals surface area contributed by atoms with Crippen molar-refractivity contribution in [3.63, 3.8) is 0 Å². The van der Waals surface area contributed by atoms with E-state index in [1.807, 2.05) is 0 Å². The minimum Gasteiger partial charge on any atom is -0.385 e. The summed E-state index contributed by atoms with van der Waals surface area (Å²) in [7, 11) is 1.80. The van der Waals surface area contributed by atoms with E-state index in [1.165, 1.54) is 25.0 Å². The van der Waals surface area contributed by atoms with Gasteiger partial charge in [-0.25, -0.2) is 0 Å². The Kier molecular flexibility index (Phi) is 8.81. The zero-order chi connectivity index (χ0) is 13.4. The van der Waals surface area contributed by atoms with Gasteiger partial charge in [0.2, 0.25) is 0 Å². The van der Waals surface area contributed by atoms with E-state index in [1.54, 1.807) is 7.11 Å². The summed E-state index contributed by atoms with van der Waals surface area (Å²) in [6, 6.07) is 0.660. The Bertz CT molecular complexity index is 216. The summed E-state index contributed by atoms with van der Waals surface area (Å²) in [5.41, 5.74) is 0. The van der Waals surface area contributed by atoms with Crippen molar-refractivity contribution in [2.75, 3.05) is 26.0 Å². The van der Waals surface area contributed by atoms with Gasteiger partial charge in [-0.2, -0.15) is 23.5 Å². The first-order chi connectivity index (χ1) is 8.69. The second-order valence-corrected chi connectivity index (χ2v) is 8.15. The molecule has 1 rings (SSSR count). The van der Waals surface area contributed by atoms with Gasteiger partial charge in [0.25, 0.3) is 0 Å². The van der Waals surface area contributed by atoms with Gasteiger partial charge in [0, 0.05) is 41.3 Å². The highest BCUT2D eigenvalue weighted by atomic mass is 32.2. The average Bonchev–Trinajstić information content (AvgIpc) is 2.37. The molecule has 0 aliphatic carbocycles. The fraction of sp³-hybridized carbons (Fsp3) is 1.00. The molecule has 0 amide bonds. The molecule has 1 N–H and O–H groups in total. The largest absolute Gasteiger partial charge is 0.385 e. The van der Waals surface area contributed by atoms with Crippen molar-refractivity contribution >= 4 is 23.5 Å². The van der Waals surface area contributed by atoms with Gasteiger partial charge >= 0.3 is 0 Å². The van der Waals surface area contributed by atoms with Gasteiger partial charge in [-0.15, -0.1) is 0 Å². The molecule has 4 atom stereocenters. The van der Waals surface area contributed by atoms with Gasteiger partial charge in [-0.1, -0.05) is 20.8 Å². The normalized spacial score (nSPS) is 30.3. The third kappa shape index (κ3) is 5.72. The number of thioether (sulfide) groups is 2. The van der Waals surface area contributed by atoms with Gasteiger partial charge in [0.05, 0.1) is 0 Å². The van der Waals surface area contributed by atoms with Crippen LogP contribution in [0.1, 0.15) is 40.0 Å². The highest BCUT2D eigenvalue weighted by molar-refractivity contribution is 8.07. The number of hydrogen-bond acceptors (Lipinski definition) is 4. The predicted octanol–water partition coefficient (Wildman–Crippen LogP) is 3.41. The molecule has 108 valence electrons. The summed E-state index contributed by atoms with van der Waals surface area (Å²) < 4.78 is 5.18. The summed E-state index contributed by atoms with van der Waals surface area (Å²) in [6.07, 6.45) is 3.63. The lowest BCUT2D eigenvalue weighted by molar-refractivity contribution is 0.188. The third-order valence-corrected chi connectivity index (χ3v) is 7.09. The van der Waals surface area contributed by atoms with E-state index in [0.717, 1.165) is 28.9 Å². The molecule has 0 aromatic heterocycles. The van der Waals surface area contributed by atoms with E-state index in [-0.39, 0.29) is 0 Å². The van der Waals surface area contributed by atoms with Crippen molar-refractivity contribution in [1.29, 1.82) is 0 Å². The molecule has 1 fully saturated rings. The molecule has 1 aliphatic rings. The Balaban J connectivity index is 2.42. The second-order valence-electron chi connectivity index (χ2n) is 5.11. The van der Waals surface area contributed by atoms with Crippen LogP contribution < -0.4 is 5.32 Å². The molecule has 0 bridgehead atoms. The summed E-state index contributed by atoms with van der Waals surface area (Å²) in [5, 5.41) is 6.09. The van der Waals surface area contributed by atoms with E-state index in [9.17, 15) is 0 Å². The minimum absolute atomic E-state index is 0.660. The predicted molar refractivity (Wildman–Crippen MR) is 86.0 cm³/mol. The molecule has 0 aromatic carbocycles. The number of hydrogen-bond donors (Lipinski definition) is 1. The lowest BCUT2D eigenvalue weighted by Crippen LogP contribution is -2.43. The Morgan fingerprint density at radius 1 is 1.33 bits per heavy atom. The molecule has 0 saturated carbocycles. The zero-order valence-corrected chi connectivity index (χ0v) is 13.9. The number of nitrogens with one attached hydrogen (secondary N) is 1. The van der Waals surface area contributed by atoms with Crippen LogP contribution in [-0.4, -0.2) is 47.8 Å². The lowest BCUT2D eigenvalue weighted by atomic mass is 10.1. The van der Waals surface area contributed by atoms with E-state index in [0.29, 0.717) is 6.04 Å². The third-order valence-electron chi connectivity index (χ3n) is 3.54. The molecule has 0 radical (unpaired) electrons. The molecular weight excluding hydrogens is 262 g/mol. The fourth-order valence-electron chi connectivity index (χ4n) is 2.22. The maximum Gasteiger partial charge on any atom is 0.0462 e. The van der Waals surface area contributed by atoms with Crippen LogP contribution in [-0.2, 0) is 4.74 Å². The SMILES string of the molecule is CCCNC(CCCOC)C1CSC(C)C(C)S1. The van der Waals surface area contributed by atoms with Crippen molar-refractivity contribution < 1.29 is 4.74 Å². The van der Waals surface area contributed by atoms with E-state index in [4.69, 9.17) is 4.74 Å². The molecular formula is C14H29NOS2. The zero-order valence-electron chi connectivity index (χ0n) is 12.3. The Hall–Kier alpha value is 0.620. The van der Waals surface area contributed by atoms with E-state index < -0.39 is 0 Å². The standard InChI is InChI=1S/C14H29NOS2/c1-5-8-15-13(7-6-9-16-4)14-10-17-11(2)12(3)18-14/h11-15H,5-10H2,1-4H3. The van der Waals surface area contributed by atoms with E-state index >= 15 is 0 Å². The molecule has 2 nitrogen and oxygen atoms in total. The summed E-state index contributed by atoms with van der Waals surface area (Å²) in [4.78, 5) is 0. The van der Waals surface area contributed by atoms with Crippen LogP contribution in [0.3, 0.4) is 0 Å². The first-order valence-electron chi connectivity index (χ1n) is 7.18. The number of rotatable bonds is 8. The summed E-state index contributed by atoms with van der Waals surface area (Å²) >= 11 is 4.33. The van der Waals surface area contributed by atoms with Crippen LogP contribution in [0, 0.1) is 0 Å². The average molecular weight is 292 g/mol. The maximum absolute atomic E-state index is 5.18. The Morgan fingerprint density at radius 2 is 2.11 bits per heavy atom. The monoisotopic (exact) mass is 291 g/mol. The fourth-order valence-corrected chi connectivity index (χ4v) is 5.38. The van der Waals surface area contributed by atoms with Crippen molar-refractivity contribution in [3.8, 4) is 0 Å². The van der Waals surface area contributed by atoms with Crippen LogP contribution in [0.5, 0.6) is 0 Å². The quantitative estimate of drug-likeness (QED) is 0.692. The van der Waals surface area contributed by atoms with Gasteiger partial charge in [0.15, 0.2) is 0 Å². The first-order valence-corrected chi connectivity index (χ1v) is 9.17. The minimum atomic E-state index is 0.660.